The van der Waals surface area contributed by atoms with Crippen molar-refractivity contribution >= 4 is 23.1 Å². The van der Waals surface area contributed by atoms with Gasteiger partial charge in [-0.15, -0.1) is 0 Å². The number of anilines is 3. The van der Waals surface area contributed by atoms with Crippen LogP contribution in [0.4, 0.5) is 17.2 Å². The predicted molar refractivity (Wildman–Crippen MR) is 107 cm³/mol. The molecule has 3 rings (SSSR count). The number of nitrogens with zero attached hydrogens (tertiary/aromatic N) is 2. The van der Waals surface area contributed by atoms with E-state index in [1.165, 1.54) is 0 Å². The second kappa shape index (κ2) is 7.86. The maximum atomic E-state index is 12.6. The Morgan fingerprint density at radius 1 is 0.889 bits per heavy atom. The Morgan fingerprint density at radius 2 is 1.56 bits per heavy atom. The molecule has 0 atom stereocenters. The van der Waals surface area contributed by atoms with Crippen molar-refractivity contribution in [2.24, 2.45) is 0 Å². The lowest BCUT2D eigenvalue weighted by Gasteiger charge is -2.10. The maximum absolute atomic E-state index is 12.6. The Bertz CT molecular complexity index is 948. The van der Waals surface area contributed by atoms with Gasteiger partial charge in [0, 0.05) is 17.4 Å². The highest BCUT2D eigenvalue weighted by Gasteiger charge is 2.12. The fourth-order valence-corrected chi connectivity index (χ4v) is 2.81. The molecule has 2 aromatic carbocycles. The first-order valence-corrected chi connectivity index (χ1v) is 8.59. The fourth-order valence-electron chi connectivity index (χ4n) is 2.81. The Hall–Kier alpha value is -3.41. The molecule has 1 amide bonds. The van der Waals surface area contributed by atoms with Crippen molar-refractivity contribution in [1.29, 1.82) is 0 Å². The summed E-state index contributed by atoms with van der Waals surface area (Å²) in [5, 5.41) is 6.09. The van der Waals surface area contributed by atoms with E-state index in [0.29, 0.717) is 17.3 Å². The summed E-state index contributed by atoms with van der Waals surface area (Å²) < 4.78 is 5.16. The van der Waals surface area contributed by atoms with Crippen LogP contribution >= 0.6 is 0 Å². The average molecular weight is 362 g/mol. The van der Waals surface area contributed by atoms with Crippen molar-refractivity contribution in [3.05, 3.63) is 71.2 Å². The van der Waals surface area contributed by atoms with Gasteiger partial charge in [-0.25, -0.2) is 9.97 Å². The maximum Gasteiger partial charge on any atom is 0.274 e. The average Bonchev–Trinajstić information content (AvgIpc) is 2.61. The van der Waals surface area contributed by atoms with Gasteiger partial charge in [-0.05, 0) is 68.3 Å². The first kappa shape index (κ1) is 18.4. The lowest BCUT2D eigenvalue weighted by atomic mass is 10.1. The van der Waals surface area contributed by atoms with E-state index in [-0.39, 0.29) is 5.91 Å². The van der Waals surface area contributed by atoms with Crippen LogP contribution in [0.15, 0.2) is 48.5 Å². The third-order valence-corrected chi connectivity index (χ3v) is 3.91. The molecule has 0 saturated heterocycles. The Kier molecular flexibility index (Phi) is 5.35. The van der Waals surface area contributed by atoms with E-state index >= 15 is 0 Å². The number of methoxy groups -OCH3 is 1. The second-order valence-corrected chi connectivity index (χ2v) is 6.37. The summed E-state index contributed by atoms with van der Waals surface area (Å²) in [7, 11) is 1.62. The molecule has 0 radical (unpaired) electrons. The Balaban J connectivity index is 1.80. The number of carbonyl (C=O) groups excluding carboxylic acids is 1. The lowest BCUT2D eigenvalue weighted by Crippen LogP contribution is -2.15. The predicted octanol–water partition coefficient (Wildman–Crippen LogP) is 4.41. The first-order chi connectivity index (χ1) is 12.9. The molecular weight excluding hydrogens is 340 g/mol. The molecule has 1 aromatic heterocycles. The summed E-state index contributed by atoms with van der Waals surface area (Å²) in [6, 6.07) is 15.0. The fraction of sp³-hybridized carbons (Fsp3) is 0.190. The van der Waals surface area contributed by atoms with Gasteiger partial charge in [-0.2, -0.15) is 0 Å². The van der Waals surface area contributed by atoms with Gasteiger partial charge in [0.1, 0.15) is 23.1 Å². The molecule has 6 heteroatoms. The van der Waals surface area contributed by atoms with E-state index < -0.39 is 0 Å². The number of hydrogen-bond donors (Lipinski definition) is 2. The SMILES string of the molecule is COc1ccc(Nc2cc(C(=O)Nc3cc(C)cc(C)c3)nc(C)n2)cc1. The van der Waals surface area contributed by atoms with Crippen LogP contribution in [-0.2, 0) is 0 Å². The summed E-state index contributed by atoms with van der Waals surface area (Å²) in [4.78, 5) is 21.2. The molecule has 138 valence electrons. The number of rotatable bonds is 5. The minimum atomic E-state index is -0.275. The van der Waals surface area contributed by atoms with Crippen molar-refractivity contribution in [2.75, 3.05) is 17.7 Å². The molecule has 2 N–H and O–H groups in total. The quantitative estimate of drug-likeness (QED) is 0.703. The van der Waals surface area contributed by atoms with E-state index in [9.17, 15) is 4.79 Å². The zero-order valence-corrected chi connectivity index (χ0v) is 15.8. The third kappa shape index (κ3) is 4.82. The molecule has 0 saturated carbocycles. The van der Waals surface area contributed by atoms with Crippen LogP contribution in [0.5, 0.6) is 5.75 Å². The molecular formula is C21H22N4O2. The minimum Gasteiger partial charge on any atom is -0.497 e. The van der Waals surface area contributed by atoms with Gasteiger partial charge in [0.25, 0.3) is 5.91 Å². The number of ether oxygens (including phenoxy) is 1. The van der Waals surface area contributed by atoms with Crippen molar-refractivity contribution < 1.29 is 9.53 Å². The Morgan fingerprint density at radius 3 is 2.19 bits per heavy atom. The van der Waals surface area contributed by atoms with Crippen molar-refractivity contribution in [1.82, 2.24) is 9.97 Å². The van der Waals surface area contributed by atoms with Gasteiger partial charge in [-0.3, -0.25) is 4.79 Å². The number of aryl methyl sites for hydroxylation is 3. The monoisotopic (exact) mass is 362 g/mol. The molecule has 27 heavy (non-hydrogen) atoms. The lowest BCUT2D eigenvalue weighted by molar-refractivity contribution is 0.102. The molecule has 0 bridgehead atoms. The highest BCUT2D eigenvalue weighted by Crippen LogP contribution is 2.20. The van der Waals surface area contributed by atoms with E-state index in [4.69, 9.17) is 4.74 Å². The normalized spacial score (nSPS) is 10.4. The highest BCUT2D eigenvalue weighted by atomic mass is 16.5. The van der Waals surface area contributed by atoms with E-state index in [0.717, 1.165) is 28.3 Å². The van der Waals surface area contributed by atoms with Gasteiger partial charge >= 0.3 is 0 Å². The van der Waals surface area contributed by atoms with E-state index in [2.05, 4.69) is 26.7 Å². The second-order valence-electron chi connectivity index (χ2n) is 6.37. The topological polar surface area (TPSA) is 76.1 Å². The summed E-state index contributed by atoms with van der Waals surface area (Å²) in [6.45, 7) is 5.75. The first-order valence-electron chi connectivity index (χ1n) is 8.59. The summed E-state index contributed by atoms with van der Waals surface area (Å²) in [6.07, 6.45) is 0. The molecule has 0 aliphatic carbocycles. The number of hydrogen-bond acceptors (Lipinski definition) is 5. The van der Waals surface area contributed by atoms with Crippen LogP contribution in [0.2, 0.25) is 0 Å². The number of carbonyl (C=O) groups is 1. The highest BCUT2D eigenvalue weighted by molar-refractivity contribution is 6.03. The van der Waals surface area contributed by atoms with E-state index in [1.54, 1.807) is 20.1 Å². The van der Waals surface area contributed by atoms with Crippen LogP contribution in [-0.4, -0.2) is 23.0 Å². The zero-order valence-electron chi connectivity index (χ0n) is 15.8. The third-order valence-electron chi connectivity index (χ3n) is 3.91. The number of benzene rings is 2. The summed E-state index contributed by atoms with van der Waals surface area (Å²) in [5.74, 6) is 1.56. The van der Waals surface area contributed by atoms with Gasteiger partial charge in [0.2, 0.25) is 0 Å². The number of aromatic nitrogens is 2. The summed E-state index contributed by atoms with van der Waals surface area (Å²) >= 11 is 0. The molecule has 0 fully saturated rings. The van der Waals surface area contributed by atoms with Crippen molar-refractivity contribution in [3.63, 3.8) is 0 Å². The van der Waals surface area contributed by atoms with Gasteiger partial charge in [-0.1, -0.05) is 6.07 Å². The minimum absolute atomic E-state index is 0.275. The van der Waals surface area contributed by atoms with Crippen LogP contribution in [0.25, 0.3) is 0 Å². The van der Waals surface area contributed by atoms with Gasteiger partial charge < -0.3 is 15.4 Å². The van der Waals surface area contributed by atoms with Gasteiger partial charge in [0.05, 0.1) is 7.11 Å². The summed E-state index contributed by atoms with van der Waals surface area (Å²) in [5.41, 5.74) is 4.07. The Labute approximate surface area is 158 Å². The smallest absolute Gasteiger partial charge is 0.274 e. The van der Waals surface area contributed by atoms with Crippen LogP contribution in [0, 0.1) is 20.8 Å². The van der Waals surface area contributed by atoms with Crippen molar-refractivity contribution in [3.8, 4) is 5.75 Å². The zero-order chi connectivity index (χ0) is 19.4. The molecule has 6 nitrogen and oxygen atoms in total. The van der Waals surface area contributed by atoms with E-state index in [1.807, 2.05) is 50.2 Å². The van der Waals surface area contributed by atoms with Crippen LogP contribution in [0.1, 0.15) is 27.4 Å². The van der Waals surface area contributed by atoms with Crippen LogP contribution in [0.3, 0.4) is 0 Å². The largest absolute Gasteiger partial charge is 0.497 e. The van der Waals surface area contributed by atoms with Crippen LogP contribution < -0.4 is 15.4 Å². The molecule has 0 spiro atoms. The standard InChI is InChI=1S/C21H22N4O2/c1-13-9-14(2)11-17(10-13)25-21(26)19-12-20(23-15(3)22-19)24-16-5-7-18(27-4)8-6-16/h5-12H,1-4H3,(H,25,26)(H,22,23,24). The number of nitrogens with one attached hydrogen (secondary N) is 2. The molecule has 0 aliphatic heterocycles. The molecule has 3 aromatic rings. The molecule has 0 aliphatic rings. The number of amides is 1. The molecule has 0 unspecified atom stereocenters. The van der Waals surface area contributed by atoms with Gasteiger partial charge in [0.15, 0.2) is 0 Å². The van der Waals surface area contributed by atoms with Crippen molar-refractivity contribution in [2.45, 2.75) is 20.8 Å². The molecule has 1 heterocycles.